The Kier molecular flexibility index (Phi) is 7.37. The van der Waals surface area contributed by atoms with Gasteiger partial charge < -0.3 is 14.8 Å². The number of benzene rings is 2. The van der Waals surface area contributed by atoms with Crippen molar-refractivity contribution in [1.29, 1.82) is 0 Å². The van der Waals surface area contributed by atoms with Gasteiger partial charge in [-0.1, -0.05) is 29.3 Å². The van der Waals surface area contributed by atoms with E-state index in [2.05, 4.69) is 15.5 Å². The molecule has 0 aliphatic heterocycles. The Morgan fingerprint density at radius 3 is 2.43 bits per heavy atom. The van der Waals surface area contributed by atoms with Crippen LogP contribution in [0.4, 0.5) is 11.4 Å². The van der Waals surface area contributed by atoms with E-state index in [1.54, 1.807) is 24.3 Å². The van der Waals surface area contributed by atoms with Gasteiger partial charge in [-0.05, 0) is 31.5 Å². The lowest BCUT2D eigenvalue weighted by Crippen LogP contribution is -2.32. The molecular formula is C19H19Cl2N3O4. The number of aryl methyl sites for hydroxylation is 1. The summed E-state index contributed by atoms with van der Waals surface area (Å²) < 4.78 is 10.4. The predicted molar refractivity (Wildman–Crippen MR) is 108 cm³/mol. The van der Waals surface area contributed by atoms with Crippen molar-refractivity contribution in [2.45, 2.75) is 19.9 Å². The number of ketones is 1. The fraction of sp³-hybridized carbons (Fsp3) is 0.263. The first-order chi connectivity index (χ1) is 13.3. The summed E-state index contributed by atoms with van der Waals surface area (Å²) in [6.45, 7) is 3.07. The maximum Gasteiger partial charge on any atom is 0.258 e. The summed E-state index contributed by atoms with van der Waals surface area (Å²) in [4.78, 5) is 24.6. The summed E-state index contributed by atoms with van der Waals surface area (Å²) in [6.07, 6.45) is 0. The number of Topliss-reactive ketones (excluding diaryl/α,β-unsaturated/α-hetero) is 1. The monoisotopic (exact) mass is 423 g/mol. The summed E-state index contributed by atoms with van der Waals surface area (Å²) in [5, 5.41) is 11.2. The molecule has 2 rings (SSSR count). The van der Waals surface area contributed by atoms with Crippen molar-refractivity contribution in [1.82, 2.24) is 0 Å². The average Bonchev–Trinajstić information content (AvgIpc) is 2.64. The maximum absolute atomic E-state index is 12.7. The molecule has 148 valence electrons. The number of anilines is 1. The van der Waals surface area contributed by atoms with Crippen LogP contribution in [-0.2, 0) is 9.59 Å². The van der Waals surface area contributed by atoms with E-state index in [1.807, 2.05) is 6.92 Å². The molecule has 9 heteroatoms. The zero-order valence-electron chi connectivity index (χ0n) is 15.7. The zero-order chi connectivity index (χ0) is 20.8. The normalized spacial score (nSPS) is 11.9. The van der Waals surface area contributed by atoms with Crippen molar-refractivity contribution < 1.29 is 19.1 Å². The fourth-order valence-electron chi connectivity index (χ4n) is 2.32. The van der Waals surface area contributed by atoms with E-state index in [9.17, 15) is 9.59 Å². The first kappa shape index (κ1) is 21.7. The first-order valence-corrected chi connectivity index (χ1v) is 8.92. The lowest BCUT2D eigenvalue weighted by atomic mass is 10.2. The van der Waals surface area contributed by atoms with E-state index in [-0.39, 0.29) is 16.5 Å². The number of nitrogens with one attached hydrogen (secondary N) is 1. The zero-order valence-corrected chi connectivity index (χ0v) is 17.3. The van der Waals surface area contributed by atoms with Crippen molar-refractivity contribution in [2.24, 2.45) is 10.2 Å². The van der Waals surface area contributed by atoms with Crippen molar-refractivity contribution in [3.8, 4) is 11.5 Å². The molecular weight excluding hydrogens is 405 g/mol. The van der Waals surface area contributed by atoms with Gasteiger partial charge in [-0.3, -0.25) is 9.59 Å². The van der Waals surface area contributed by atoms with Crippen LogP contribution in [0.1, 0.15) is 12.5 Å². The number of azo groups is 1. The van der Waals surface area contributed by atoms with E-state index in [0.29, 0.717) is 16.5 Å². The van der Waals surface area contributed by atoms with Gasteiger partial charge in [0.1, 0.15) is 5.75 Å². The number of hydrogen-bond donors (Lipinski definition) is 1. The number of rotatable bonds is 7. The van der Waals surface area contributed by atoms with Crippen LogP contribution in [-0.4, -0.2) is 32.0 Å². The molecule has 0 radical (unpaired) electrons. The van der Waals surface area contributed by atoms with Gasteiger partial charge in [0.25, 0.3) is 5.91 Å². The summed E-state index contributed by atoms with van der Waals surface area (Å²) in [5.74, 6) is -0.509. The Morgan fingerprint density at radius 1 is 1.11 bits per heavy atom. The van der Waals surface area contributed by atoms with Crippen LogP contribution in [0.5, 0.6) is 11.5 Å². The molecule has 28 heavy (non-hydrogen) atoms. The van der Waals surface area contributed by atoms with Gasteiger partial charge in [-0.2, -0.15) is 10.2 Å². The number of carbonyl (C=O) groups excluding carboxylic acids is 2. The minimum atomic E-state index is -1.35. The fourth-order valence-corrected chi connectivity index (χ4v) is 2.77. The van der Waals surface area contributed by atoms with Crippen LogP contribution in [0.3, 0.4) is 0 Å². The number of ether oxygens (including phenoxy) is 2. The topological polar surface area (TPSA) is 89.3 Å². The highest BCUT2D eigenvalue weighted by atomic mass is 35.5. The molecule has 0 aliphatic carbocycles. The standard InChI is InChI=1S/C19H19Cl2N3O4/c1-10-5-6-12(20)7-15(10)23-24-17(11(2)25)19(26)22-16-9-13(27-3)8-14(21)18(16)28-4/h5-9,17H,1-4H3,(H,22,26). The summed E-state index contributed by atoms with van der Waals surface area (Å²) in [6, 6.07) is 6.79. The SMILES string of the molecule is COc1cc(Cl)c(OC)c(NC(=O)C(N=Nc2cc(Cl)ccc2C)C(C)=O)c1. The minimum absolute atomic E-state index is 0.237. The van der Waals surface area contributed by atoms with E-state index >= 15 is 0 Å². The molecule has 1 N–H and O–H groups in total. The van der Waals surface area contributed by atoms with Gasteiger partial charge in [0.15, 0.2) is 11.5 Å². The van der Waals surface area contributed by atoms with E-state index < -0.39 is 17.7 Å². The van der Waals surface area contributed by atoms with Gasteiger partial charge in [-0.25, -0.2) is 0 Å². The van der Waals surface area contributed by atoms with Gasteiger partial charge in [0.05, 0.1) is 30.6 Å². The molecule has 0 fully saturated rings. The number of hydrogen-bond acceptors (Lipinski definition) is 6. The highest BCUT2D eigenvalue weighted by Gasteiger charge is 2.25. The van der Waals surface area contributed by atoms with Crippen LogP contribution in [0.15, 0.2) is 40.6 Å². The molecule has 0 heterocycles. The Balaban J connectivity index is 2.31. The summed E-state index contributed by atoms with van der Waals surface area (Å²) in [7, 11) is 2.87. The summed E-state index contributed by atoms with van der Waals surface area (Å²) >= 11 is 12.1. The number of nitrogens with zero attached hydrogens (tertiary/aromatic N) is 2. The molecule has 0 saturated carbocycles. The van der Waals surface area contributed by atoms with Crippen molar-refractivity contribution in [3.63, 3.8) is 0 Å². The van der Waals surface area contributed by atoms with Crippen LogP contribution >= 0.6 is 23.2 Å². The average molecular weight is 424 g/mol. The Labute approximate surface area is 172 Å². The third-order valence-corrected chi connectivity index (χ3v) is 4.32. The molecule has 1 unspecified atom stereocenters. The van der Waals surface area contributed by atoms with Crippen LogP contribution in [0.2, 0.25) is 10.0 Å². The molecule has 2 aromatic carbocycles. The highest BCUT2D eigenvalue weighted by Crippen LogP contribution is 2.37. The maximum atomic E-state index is 12.7. The van der Waals surface area contributed by atoms with Gasteiger partial charge in [-0.15, -0.1) is 0 Å². The Bertz CT molecular complexity index is 932. The first-order valence-electron chi connectivity index (χ1n) is 8.16. The number of carbonyl (C=O) groups is 2. The van der Waals surface area contributed by atoms with Gasteiger partial charge in [0, 0.05) is 17.2 Å². The number of halogens is 2. The second-order valence-corrected chi connectivity index (χ2v) is 6.68. The second-order valence-electron chi connectivity index (χ2n) is 5.84. The summed E-state index contributed by atoms with van der Waals surface area (Å²) in [5.41, 5.74) is 1.52. The van der Waals surface area contributed by atoms with Crippen LogP contribution in [0.25, 0.3) is 0 Å². The largest absolute Gasteiger partial charge is 0.497 e. The van der Waals surface area contributed by atoms with Crippen LogP contribution in [0, 0.1) is 6.92 Å². The Morgan fingerprint density at radius 2 is 1.82 bits per heavy atom. The molecule has 0 aromatic heterocycles. The molecule has 1 atom stereocenters. The van der Waals surface area contributed by atoms with E-state index in [0.717, 1.165) is 5.56 Å². The molecule has 7 nitrogen and oxygen atoms in total. The van der Waals surface area contributed by atoms with Crippen molar-refractivity contribution in [3.05, 3.63) is 45.9 Å². The third-order valence-electron chi connectivity index (χ3n) is 3.80. The minimum Gasteiger partial charge on any atom is -0.497 e. The van der Waals surface area contributed by atoms with Crippen molar-refractivity contribution >= 4 is 46.3 Å². The number of methoxy groups -OCH3 is 2. The lowest BCUT2D eigenvalue weighted by Gasteiger charge is -2.15. The van der Waals surface area contributed by atoms with Crippen LogP contribution < -0.4 is 14.8 Å². The predicted octanol–water partition coefficient (Wildman–Crippen LogP) is 5.00. The molecule has 0 aliphatic rings. The molecule has 0 spiro atoms. The van der Waals surface area contributed by atoms with E-state index in [4.69, 9.17) is 32.7 Å². The molecule has 2 aromatic rings. The smallest absolute Gasteiger partial charge is 0.258 e. The number of amides is 1. The second kappa shape index (κ2) is 9.52. The van der Waals surface area contributed by atoms with Gasteiger partial charge in [0.2, 0.25) is 6.04 Å². The Hall–Kier alpha value is -2.64. The lowest BCUT2D eigenvalue weighted by molar-refractivity contribution is -0.126. The molecule has 0 bridgehead atoms. The highest BCUT2D eigenvalue weighted by molar-refractivity contribution is 6.33. The molecule has 0 saturated heterocycles. The third kappa shape index (κ3) is 5.21. The quantitative estimate of drug-likeness (QED) is 0.501. The van der Waals surface area contributed by atoms with Gasteiger partial charge >= 0.3 is 0 Å². The van der Waals surface area contributed by atoms with E-state index in [1.165, 1.54) is 27.2 Å². The molecule has 1 amide bonds. The van der Waals surface area contributed by atoms with Crippen molar-refractivity contribution in [2.75, 3.05) is 19.5 Å².